The van der Waals surface area contributed by atoms with Crippen LogP contribution in [0, 0.1) is 0 Å². The fourth-order valence-corrected chi connectivity index (χ4v) is 1.14. The van der Waals surface area contributed by atoms with E-state index in [9.17, 15) is 0 Å². The lowest BCUT2D eigenvalue weighted by molar-refractivity contribution is 0.384. The molecule has 0 fully saturated rings. The second-order valence-electron chi connectivity index (χ2n) is 2.82. The highest BCUT2D eigenvalue weighted by molar-refractivity contribution is 6.40. The summed E-state index contributed by atoms with van der Waals surface area (Å²) in [5, 5.41) is 0.883. The average molecular weight is 208 g/mol. The highest BCUT2D eigenvalue weighted by atomic mass is 35.5. The summed E-state index contributed by atoms with van der Waals surface area (Å²) in [7, 11) is 4.01. The molecule has 68 valence electrons. The molecule has 0 aliphatic rings. The Balaban J connectivity index is 2.58. The maximum Gasteiger partial charge on any atom is 0.166 e. The van der Waals surface area contributed by atoms with Gasteiger partial charge in [0.05, 0.1) is 6.33 Å². The number of aromatic nitrogens is 2. The van der Waals surface area contributed by atoms with Crippen LogP contribution < -0.4 is 0 Å². The lowest BCUT2D eigenvalue weighted by Crippen LogP contribution is -2.18. The van der Waals surface area contributed by atoms with Crippen molar-refractivity contribution in [3.05, 3.63) is 16.6 Å². The molecule has 1 rings (SSSR count). The van der Waals surface area contributed by atoms with Gasteiger partial charge in [-0.05, 0) is 14.1 Å². The summed E-state index contributed by atoms with van der Waals surface area (Å²) in [4.78, 5) is 5.95. The molecule has 0 aliphatic heterocycles. The minimum absolute atomic E-state index is 0.371. The second-order valence-corrected chi connectivity index (χ2v) is 3.54. The minimum Gasteiger partial charge on any atom is -0.319 e. The summed E-state index contributed by atoms with van der Waals surface area (Å²) in [5.41, 5.74) is 0. The molecule has 0 saturated carbocycles. The Morgan fingerprint density at radius 2 is 2.17 bits per heavy atom. The van der Waals surface area contributed by atoms with Gasteiger partial charge in [-0.15, -0.1) is 0 Å². The van der Waals surface area contributed by atoms with Gasteiger partial charge in [0.15, 0.2) is 5.15 Å². The van der Waals surface area contributed by atoms with Crippen LogP contribution in [0.15, 0.2) is 6.33 Å². The highest BCUT2D eigenvalue weighted by Gasteiger charge is 2.04. The Morgan fingerprint density at radius 3 is 2.58 bits per heavy atom. The first-order chi connectivity index (χ1) is 5.61. The molecule has 1 aromatic rings. The molecule has 0 aliphatic carbocycles. The molecule has 3 nitrogen and oxygen atoms in total. The number of imidazole rings is 1. The van der Waals surface area contributed by atoms with Crippen LogP contribution in [0.4, 0.5) is 0 Å². The van der Waals surface area contributed by atoms with Crippen LogP contribution in [0.25, 0.3) is 0 Å². The average Bonchev–Trinajstić information content (AvgIpc) is 2.30. The fourth-order valence-electron chi connectivity index (χ4n) is 0.806. The zero-order valence-electron chi connectivity index (χ0n) is 7.09. The molecule has 0 spiro atoms. The maximum atomic E-state index is 5.84. The monoisotopic (exact) mass is 207 g/mol. The third-order valence-electron chi connectivity index (χ3n) is 1.52. The number of rotatable bonds is 3. The van der Waals surface area contributed by atoms with Crippen LogP contribution in [-0.2, 0) is 6.54 Å². The van der Waals surface area contributed by atoms with Crippen LogP contribution in [0.2, 0.25) is 10.3 Å². The van der Waals surface area contributed by atoms with Crippen molar-refractivity contribution in [1.29, 1.82) is 0 Å². The van der Waals surface area contributed by atoms with E-state index < -0.39 is 0 Å². The lowest BCUT2D eigenvalue weighted by atomic mass is 10.6. The van der Waals surface area contributed by atoms with Crippen molar-refractivity contribution < 1.29 is 0 Å². The molecule has 0 saturated heterocycles. The van der Waals surface area contributed by atoms with Crippen molar-refractivity contribution in [1.82, 2.24) is 14.5 Å². The first kappa shape index (κ1) is 9.84. The number of halogens is 2. The van der Waals surface area contributed by atoms with Gasteiger partial charge in [-0.2, -0.15) is 0 Å². The van der Waals surface area contributed by atoms with Gasteiger partial charge in [0.1, 0.15) is 5.15 Å². The summed E-state index contributed by atoms with van der Waals surface area (Å²) in [6, 6.07) is 0. The largest absolute Gasteiger partial charge is 0.319 e. The van der Waals surface area contributed by atoms with E-state index in [0.717, 1.165) is 13.1 Å². The third-order valence-corrected chi connectivity index (χ3v) is 2.29. The standard InChI is InChI=1S/C7H11Cl2N3/c1-11(2)3-4-12-5-10-6(8)7(12)9/h5H,3-4H2,1-2H3. The summed E-state index contributed by atoms with van der Waals surface area (Å²) in [6.45, 7) is 1.73. The van der Waals surface area contributed by atoms with Gasteiger partial charge >= 0.3 is 0 Å². The predicted octanol–water partition coefficient (Wildman–Crippen LogP) is 1.75. The zero-order chi connectivity index (χ0) is 9.14. The number of hydrogen-bond acceptors (Lipinski definition) is 2. The molecule has 0 atom stereocenters. The Labute approximate surface area is 81.9 Å². The quantitative estimate of drug-likeness (QED) is 0.754. The van der Waals surface area contributed by atoms with E-state index in [1.165, 1.54) is 0 Å². The van der Waals surface area contributed by atoms with Crippen LogP contribution >= 0.6 is 23.2 Å². The first-order valence-corrected chi connectivity index (χ1v) is 4.37. The summed E-state index contributed by atoms with van der Waals surface area (Å²) in [6.07, 6.45) is 1.65. The third kappa shape index (κ3) is 2.37. The van der Waals surface area contributed by atoms with Gasteiger partial charge in [-0.3, -0.25) is 0 Å². The van der Waals surface area contributed by atoms with E-state index >= 15 is 0 Å². The Bertz CT molecular complexity index is 257. The van der Waals surface area contributed by atoms with Crippen molar-refractivity contribution >= 4 is 23.2 Å². The van der Waals surface area contributed by atoms with Gasteiger partial charge < -0.3 is 9.47 Å². The van der Waals surface area contributed by atoms with Crippen molar-refractivity contribution in [2.24, 2.45) is 0 Å². The first-order valence-electron chi connectivity index (χ1n) is 3.62. The van der Waals surface area contributed by atoms with Gasteiger partial charge in [0.2, 0.25) is 0 Å². The van der Waals surface area contributed by atoms with E-state index in [2.05, 4.69) is 9.88 Å². The molecule has 1 aromatic heterocycles. The SMILES string of the molecule is CN(C)CCn1cnc(Cl)c1Cl. The van der Waals surface area contributed by atoms with E-state index in [0.29, 0.717) is 10.3 Å². The lowest BCUT2D eigenvalue weighted by Gasteiger charge is -2.09. The smallest absolute Gasteiger partial charge is 0.166 e. The number of nitrogens with zero attached hydrogens (tertiary/aromatic N) is 3. The van der Waals surface area contributed by atoms with Crippen molar-refractivity contribution in [3.8, 4) is 0 Å². The van der Waals surface area contributed by atoms with Crippen LogP contribution in [0.3, 0.4) is 0 Å². The van der Waals surface area contributed by atoms with Gasteiger partial charge in [-0.25, -0.2) is 4.98 Å². The van der Waals surface area contributed by atoms with Gasteiger partial charge in [0, 0.05) is 13.1 Å². The molecule has 0 N–H and O–H groups in total. The van der Waals surface area contributed by atoms with Crippen molar-refractivity contribution in [3.63, 3.8) is 0 Å². The molecular formula is C7H11Cl2N3. The summed E-state index contributed by atoms with van der Waals surface area (Å²) < 4.78 is 1.82. The number of likely N-dealkylation sites (N-methyl/N-ethyl adjacent to an activating group) is 1. The van der Waals surface area contributed by atoms with Crippen LogP contribution in [0.1, 0.15) is 0 Å². The van der Waals surface area contributed by atoms with Crippen LogP contribution in [0.5, 0.6) is 0 Å². The highest BCUT2D eigenvalue weighted by Crippen LogP contribution is 2.18. The Morgan fingerprint density at radius 1 is 1.50 bits per heavy atom. The van der Waals surface area contributed by atoms with E-state index in [1.807, 2.05) is 18.7 Å². The van der Waals surface area contributed by atoms with Crippen molar-refractivity contribution in [2.45, 2.75) is 6.54 Å². The molecule has 0 unspecified atom stereocenters. The second kappa shape index (κ2) is 4.12. The molecule has 1 heterocycles. The van der Waals surface area contributed by atoms with Gasteiger partial charge in [0.25, 0.3) is 0 Å². The number of hydrogen-bond donors (Lipinski definition) is 0. The topological polar surface area (TPSA) is 21.1 Å². The zero-order valence-corrected chi connectivity index (χ0v) is 8.60. The molecular weight excluding hydrogens is 197 g/mol. The van der Waals surface area contributed by atoms with Gasteiger partial charge in [-0.1, -0.05) is 23.2 Å². The van der Waals surface area contributed by atoms with E-state index in [4.69, 9.17) is 23.2 Å². The van der Waals surface area contributed by atoms with Crippen molar-refractivity contribution in [2.75, 3.05) is 20.6 Å². The van der Waals surface area contributed by atoms with E-state index in [-0.39, 0.29) is 0 Å². The molecule has 0 bridgehead atoms. The Kier molecular flexibility index (Phi) is 3.38. The normalized spacial score (nSPS) is 11.1. The predicted molar refractivity (Wildman–Crippen MR) is 50.8 cm³/mol. The molecule has 0 aromatic carbocycles. The van der Waals surface area contributed by atoms with E-state index in [1.54, 1.807) is 6.33 Å². The minimum atomic E-state index is 0.371. The molecule has 0 amide bonds. The summed E-state index contributed by atoms with van der Waals surface area (Å²) >= 11 is 11.5. The maximum absolute atomic E-state index is 5.84. The Hall–Kier alpha value is -0.250. The molecule has 12 heavy (non-hydrogen) atoms. The van der Waals surface area contributed by atoms with Crippen LogP contribution in [-0.4, -0.2) is 35.1 Å². The molecule has 0 radical (unpaired) electrons. The summed E-state index contributed by atoms with van der Waals surface area (Å²) in [5.74, 6) is 0. The fraction of sp³-hybridized carbons (Fsp3) is 0.571. The molecule has 5 heteroatoms.